The van der Waals surface area contributed by atoms with Crippen LogP contribution in [0, 0.1) is 5.92 Å². The van der Waals surface area contributed by atoms with Crippen molar-refractivity contribution >= 4 is 22.8 Å². The fraction of sp³-hybridized carbons (Fsp3) is 0.529. The zero-order valence-electron chi connectivity index (χ0n) is 13.8. The van der Waals surface area contributed by atoms with Crippen LogP contribution in [0.3, 0.4) is 0 Å². The van der Waals surface area contributed by atoms with Crippen LogP contribution in [-0.4, -0.2) is 57.5 Å². The highest BCUT2D eigenvalue weighted by atomic mass is 16.2. The fourth-order valence-electron chi connectivity index (χ4n) is 3.95. The Kier molecular flexibility index (Phi) is 3.80. The van der Waals surface area contributed by atoms with Gasteiger partial charge in [-0.2, -0.15) is 0 Å². The van der Waals surface area contributed by atoms with Gasteiger partial charge in [-0.15, -0.1) is 0 Å². The lowest BCUT2D eigenvalue weighted by atomic mass is 9.94. The number of rotatable bonds is 2. The smallest absolute Gasteiger partial charge is 0.239 e. The molecular weight excluding hydrogens is 304 g/mol. The first-order chi connectivity index (χ1) is 11.6. The Morgan fingerprint density at radius 1 is 1.17 bits per heavy atom. The molecule has 7 heteroatoms. The number of aromatic nitrogens is 3. The molecular formula is C17H22N6O. The van der Waals surface area contributed by atoms with Crippen molar-refractivity contribution in [3.05, 3.63) is 24.7 Å². The predicted octanol–water partition coefficient (Wildman–Crippen LogP) is 0.799. The van der Waals surface area contributed by atoms with Crippen molar-refractivity contribution in [2.45, 2.75) is 31.8 Å². The van der Waals surface area contributed by atoms with Crippen LogP contribution in [0.15, 0.2) is 24.7 Å². The summed E-state index contributed by atoms with van der Waals surface area (Å²) >= 11 is 0. The third-order valence-corrected chi connectivity index (χ3v) is 5.05. The maximum Gasteiger partial charge on any atom is 0.239 e. The summed E-state index contributed by atoms with van der Waals surface area (Å²) in [7, 11) is 0. The Bertz CT molecular complexity index is 760. The molecule has 2 saturated heterocycles. The molecule has 1 amide bonds. The van der Waals surface area contributed by atoms with E-state index in [0.29, 0.717) is 11.6 Å². The molecule has 2 N–H and O–H groups in total. The summed E-state index contributed by atoms with van der Waals surface area (Å²) in [6, 6.07) is 1.86. The number of nitrogens with zero attached hydrogens (tertiary/aromatic N) is 5. The van der Waals surface area contributed by atoms with Crippen LogP contribution in [0.5, 0.6) is 0 Å². The molecule has 0 saturated carbocycles. The maximum absolute atomic E-state index is 12.3. The molecule has 2 fully saturated rings. The molecule has 0 spiro atoms. The number of amides is 1. The van der Waals surface area contributed by atoms with E-state index < -0.39 is 0 Å². The Balaban J connectivity index is 1.64. The van der Waals surface area contributed by atoms with Crippen molar-refractivity contribution < 1.29 is 4.79 Å². The largest absolute Gasteiger partial charge is 0.367 e. The van der Waals surface area contributed by atoms with Crippen molar-refractivity contribution in [1.29, 1.82) is 0 Å². The van der Waals surface area contributed by atoms with E-state index in [2.05, 4.69) is 26.8 Å². The molecule has 4 rings (SSSR count). The van der Waals surface area contributed by atoms with Gasteiger partial charge in [0, 0.05) is 44.3 Å². The number of nitrogens with two attached hydrogens (primary N) is 1. The molecule has 2 aliphatic rings. The van der Waals surface area contributed by atoms with E-state index in [0.717, 1.165) is 43.7 Å². The first-order valence-corrected chi connectivity index (χ1v) is 8.50. The van der Waals surface area contributed by atoms with Gasteiger partial charge in [-0.3, -0.25) is 4.79 Å². The summed E-state index contributed by atoms with van der Waals surface area (Å²) in [5.74, 6) is 0.585. The molecule has 0 aliphatic carbocycles. The van der Waals surface area contributed by atoms with Gasteiger partial charge in [0.2, 0.25) is 5.91 Å². The van der Waals surface area contributed by atoms with E-state index in [9.17, 15) is 4.79 Å². The second kappa shape index (κ2) is 5.98. The third kappa shape index (κ3) is 2.58. The minimum atomic E-state index is -0.330. The Morgan fingerprint density at radius 2 is 1.96 bits per heavy atom. The van der Waals surface area contributed by atoms with Crippen LogP contribution in [0.4, 0.5) is 5.69 Å². The molecule has 0 bridgehead atoms. The summed E-state index contributed by atoms with van der Waals surface area (Å²) in [5.41, 5.74) is 8.41. The van der Waals surface area contributed by atoms with Crippen LogP contribution >= 0.6 is 0 Å². The van der Waals surface area contributed by atoms with E-state index in [1.807, 2.05) is 11.0 Å². The van der Waals surface area contributed by atoms with Gasteiger partial charge in [0.15, 0.2) is 5.65 Å². The van der Waals surface area contributed by atoms with Gasteiger partial charge < -0.3 is 15.5 Å². The average molecular weight is 326 g/mol. The van der Waals surface area contributed by atoms with Gasteiger partial charge in [-0.25, -0.2) is 15.0 Å². The second-order valence-corrected chi connectivity index (χ2v) is 6.89. The lowest BCUT2D eigenvalue weighted by molar-refractivity contribution is -0.131. The van der Waals surface area contributed by atoms with Gasteiger partial charge in [-0.05, 0) is 24.8 Å². The first kappa shape index (κ1) is 15.3. The van der Waals surface area contributed by atoms with E-state index in [-0.39, 0.29) is 18.0 Å². The predicted molar refractivity (Wildman–Crippen MR) is 91.4 cm³/mol. The molecule has 24 heavy (non-hydrogen) atoms. The monoisotopic (exact) mass is 326 g/mol. The third-order valence-electron chi connectivity index (χ3n) is 5.05. The normalized spacial score (nSPS) is 27.9. The van der Waals surface area contributed by atoms with Crippen LogP contribution < -0.4 is 10.6 Å². The standard InChI is InChI=1S/C17H22N6O/c1-11-8-12(23-7-3-13(18)17(23)24)10-22(9-11)14-2-4-20-16-15(14)19-5-6-21-16/h2,4-6,11-13H,3,7-10,18H2,1H3/t11-,12+,13?/m0/s1. The topological polar surface area (TPSA) is 88.2 Å². The zero-order valence-corrected chi connectivity index (χ0v) is 13.8. The maximum atomic E-state index is 12.3. The lowest BCUT2D eigenvalue weighted by Crippen LogP contribution is -2.52. The summed E-state index contributed by atoms with van der Waals surface area (Å²) in [5, 5.41) is 0. The van der Waals surface area contributed by atoms with Gasteiger partial charge in [0.25, 0.3) is 0 Å². The SMILES string of the molecule is C[C@H]1C[C@@H](N2CCC(N)C2=O)CN(c2ccnc3nccnc23)C1. The van der Waals surface area contributed by atoms with Gasteiger partial charge in [0.05, 0.1) is 11.7 Å². The summed E-state index contributed by atoms with van der Waals surface area (Å²) in [4.78, 5) is 29.7. The quantitative estimate of drug-likeness (QED) is 0.878. The summed E-state index contributed by atoms with van der Waals surface area (Å²) < 4.78 is 0. The van der Waals surface area contributed by atoms with E-state index >= 15 is 0 Å². The zero-order chi connectivity index (χ0) is 16.7. The minimum absolute atomic E-state index is 0.0911. The van der Waals surface area contributed by atoms with Gasteiger partial charge in [0.1, 0.15) is 5.52 Å². The number of hydrogen-bond donors (Lipinski definition) is 1. The highest BCUT2D eigenvalue weighted by molar-refractivity contribution is 5.86. The number of carbonyl (C=O) groups is 1. The molecule has 0 aromatic carbocycles. The van der Waals surface area contributed by atoms with Crippen molar-refractivity contribution in [2.75, 3.05) is 24.5 Å². The van der Waals surface area contributed by atoms with Crippen molar-refractivity contribution in [2.24, 2.45) is 11.7 Å². The van der Waals surface area contributed by atoms with Crippen LogP contribution in [0.1, 0.15) is 19.8 Å². The van der Waals surface area contributed by atoms with E-state index in [1.54, 1.807) is 18.6 Å². The van der Waals surface area contributed by atoms with Crippen LogP contribution in [0.2, 0.25) is 0 Å². The molecule has 4 heterocycles. The van der Waals surface area contributed by atoms with Gasteiger partial charge in [-0.1, -0.05) is 6.92 Å². The number of fused-ring (bicyclic) bond motifs is 1. The molecule has 2 aliphatic heterocycles. The Hall–Kier alpha value is -2.28. The average Bonchev–Trinajstić information content (AvgIpc) is 2.93. The highest BCUT2D eigenvalue weighted by Gasteiger charge is 2.37. The molecule has 1 unspecified atom stereocenters. The lowest BCUT2D eigenvalue weighted by Gasteiger charge is -2.41. The number of pyridine rings is 1. The summed E-state index contributed by atoms with van der Waals surface area (Å²) in [6.45, 7) is 4.75. The molecule has 126 valence electrons. The Labute approximate surface area is 140 Å². The molecule has 2 aromatic rings. The summed E-state index contributed by atoms with van der Waals surface area (Å²) in [6.07, 6.45) is 6.90. The Morgan fingerprint density at radius 3 is 2.75 bits per heavy atom. The van der Waals surface area contributed by atoms with Crippen molar-refractivity contribution in [1.82, 2.24) is 19.9 Å². The number of likely N-dealkylation sites (tertiary alicyclic amines) is 1. The van der Waals surface area contributed by atoms with Crippen LogP contribution in [-0.2, 0) is 4.79 Å². The number of hydrogen-bond acceptors (Lipinski definition) is 6. The molecule has 2 aromatic heterocycles. The molecule has 7 nitrogen and oxygen atoms in total. The van der Waals surface area contributed by atoms with E-state index in [4.69, 9.17) is 5.73 Å². The highest BCUT2D eigenvalue weighted by Crippen LogP contribution is 2.30. The van der Waals surface area contributed by atoms with Crippen molar-refractivity contribution in [3.8, 4) is 0 Å². The number of piperidine rings is 1. The minimum Gasteiger partial charge on any atom is -0.367 e. The van der Waals surface area contributed by atoms with Crippen LogP contribution in [0.25, 0.3) is 11.2 Å². The fourth-order valence-corrected chi connectivity index (χ4v) is 3.95. The molecule has 0 radical (unpaired) electrons. The van der Waals surface area contributed by atoms with Crippen molar-refractivity contribution in [3.63, 3.8) is 0 Å². The number of carbonyl (C=O) groups excluding carboxylic acids is 1. The van der Waals surface area contributed by atoms with Gasteiger partial charge >= 0.3 is 0 Å². The first-order valence-electron chi connectivity index (χ1n) is 8.50. The molecule has 3 atom stereocenters. The second-order valence-electron chi connectivity index (χ2n) is 6.89. The number of anilines is 1. The van der Waals surface area contributed by atoms with E-state index in [1.165, 1.54) is 0 Å².